The molecule has 0 saturated heterocycles. The SMILES string of the molecule is CCC(CC)(CN)NC(=O)C1CCCCCCC1. The molecule has 0 spiro atoms. The zero-order chi connectivity index (χ0) is 13.4. The van der Waals surface area contributed by atoms with Crippen LogP contribution in [0.2, 0.25) is 0 Å². The Bertz CT molecular complexity index is 233. The topological polar surface area (TPSA) is 55.1 Å². The lowest BCUT2D eigenvalue weighted by Crippen LogP contribution is -2.54. The molecular weight excluding hydrogens is 224 g/mol. The maximum atomic E-state index is 12.4. The van der Waals surface area contributed by atoms with Crippen molar-refractivity contribution in [2.75, 3.05) is 6.54 Å². The van der Waals surface area contributed by atoms with Gasteiger partial charge in [-0.15, -0.1) is 0 Å². The van der Waals surface area contributed by atoms with Gasteiger partial charge in [-0.05, 0) is 25.7 Å². The van der Waals surface area contributed by atoms with E-state index in [9.17, 15) is 4.79 Å². The van der Waals surface area contributed by atoms with Crippen LogP contribution < -0.4 is 11.1 Å². The van der Waals surface area contributed by atoms with E-state index in [0.29, 0.717) is 6.54 Å². The van der Waals surface area contributed by atoms with Gasteiger partial charge in [-0.1, -0.05) is 46.0 Å². The summed E-state index contributed by atoms with van der Waals surface area (Å²) in [6, 6.07) is 0. The van der Waals surface area contributed by atoms with Crippen LogP contribution in [0.4, 0.5) is 0 Å². The van der Waals surface area contributed by atoms with Crippen molar-refractivity contribution in [3.63, 3.8) is 0 Å². The van der Waals surface area contributed by atoms with E-state index in [0.717, 1.165) is 25.7 Å². The lowest BCUT2D eigenvalue weighted by Gasteiger charge is -2.33. The molecule has 0 heterocycles. The first-order valence-corrected chi connectivity index (χ1v) is 7.69. The molecule has 0 unspecified atom stereocenters. The Morgan fingerprint density at radius 2 is 1.61 bits per heavy atom. The number of carbonyl (C=O) groups excluding carboxylic acids is 1. The van der Waals surface area contributed by atoms with E-state index >= 15 is 0 Å². The van der Waals surface area contributed by atoms with Gasteiger partial charge in [0.1, 0.15) is 0 Å². The van der Waals surface area contributed by atoms with Crippen LogP contribution in [0.5, 0.6) is 0 Å². The molecule has 0 aliphatic heterocycles. The molecule has 0 radical (unpaired) electrons. The van der Waals surface area contributed by atoms with E-state index in [1.54, 1.807) is 0 Å². The standard InChI is InChI=1S/C15H30N2O/c1-3-15(4-2,12-16)17-14(18)13-10-8-6-5-7-9-11-13/h13H,3-12,16H2,1-2H3,(H,17,18). The molecule has 1 amide bonds. The second kappa shape index (κ2) is 7.78. The van der Waals surface area contributed by atoms with Crippen molar-refractivity contribution in [1.29, 1.82) is 0 Å². The monoisotopic (exact) mass is 254 g/mol. The van der Waals surface area contributed by atoms with Crippen LogP contribution in [0.25, 0.3) is 0 Å². The average molecular weight is 254 g/mol. The Morgan fingerprint density at radius 1 is 1.11 bits per heavy atom. The predicted octanol–water partition coefficient (Wildman–Crippen LogP) is 2.98. The van der Waals surface area contributed by atoms with Gasteiger partial charge in [-0.3, -0.25) is 4.79 Å². The second-order valence-electron chi connectivity index (χ2n) is 5.72. The van der Waals surface area contributed by atoms with Crippen molar-refractivity contribution >= 4 is 5.91 Å². The third-order valence-corrected chi connectivity index (χ3v) is 4.61. The predicted molar refractivity (Wildman–Crippen MR) is 76.3 cm³/mol. The normalized spacial score (nSPS) is 19.1. The molecule has 106 valence electrons. The molecule has 0 aromatic carbocycles. The Morgan fingerprint density at radius 3 is 2.06 bits per heavy atom. The fourth-order valence-electron chi connectivity index (χ4n) is 2.85. The smallest absolute Gasteiger partial charge is 0.223 e. The van der Waals surface area contributed by atoms with Gasteiger partial charge >= 0.3 is 0 Å². The van der Waals surface area contributed by atoms with Crippen LogP contribution in [0.1, 0.15) is 71.6 Å². The minimum absolute atomic E-state index is 0.181. The maximum absolute atomic E-state index is 12.4. The molecule has 1 aliphatic rings. The first-order valence-electron chi connectivity index (χ1n) is 7.69. The van der Waals surface area contributed by atoms with Crippen LogP contribution in [0, 0.1) is 5.92 Å². The Balaban J connectivity index is 2.56. The number of nitrogens with one attached hydrogen (secondary N) is 1. The molecule has 1 fully saturated rings. The summed E-state index contributed by atoms with van der Waals surface area (Å²) in [5, 5.41) is 3.23. The Labute approximate surface area is 112 Å². The van der Waals surface area contributed by atoms with Crippen molar-refractivity contribution in [2.45, 2.75) is 77.2 Å². The maximum Gasteiger partial charge on any atom is 0.223 e. The lowest BCUT2D eigenvalue weighted by molar-refractivity contribution is -0.127. The van der Waals surface area contributed by atoms with Crippen molar-refractivity contribution in [3.05, 3.63) is 0 Å². The average Bonchev–Trinajstić information content (AvgIpc) is 2.35. The molecule has 1 aliphatic carbocycles. The third-order valence-electron chi connectivity index (χ3n) is 4.61. The zero-order valence-electron chi connectivity index (χ0n) is 12.1. The van der Waals surface area contributed by atoms with Crippen molar-refractivity contribution in [3.8, 4) is 0 Å². The van der Waals surface area contributed by atoms with Gasteiger partial charge in [0.15, 0.2) is 0 Å². The summed E-state index contributed by atoms with van der Waals surface area (Å²) < 4.78 is 0. The van der Waals surface area contributed by atoms with Crippen molar-refractivity contribution in [2.24, 2.45) is 11.7 Å². The van der Waals surface area contributed by atoms with Gasteiger partial charge in [0.05, 0.1) is 5.54 Å². The summed E-state index contributed by atoms with van der Waals surface area (Å²) >= 11 is 0. The Kier molecular flexibility index (Phi) is 6.69. The fourth-order valence-corrected chi connectivity index (χ4v) is 2.85. The second-order valence-corrected chi connectivity index (χ2v) is 5.72. The molecule has 1 saturated carbocycles. The summed E-state index contributed by atoms with van der Waals surface area (Å²) in [5.41, 5.74) is 5.67. The highest BCUT2D eigenvalue weighted by molar-refractivity contribution is 5.79. The molecule has 1 rings (SSSR count). The van der Waals surface area contributed by atoms with Crippen LogP contribution in [0.15, 0.2) is 0 Å². The van der Waals surface area contributed by atoms with E-state index in [-0.39, 0.29) is 17.4 Å². The summed E-state index contributed by atoms with van der Waals surface area (Å²) in [7, 11) is 0. The summed E-state index contributed by atoms with van der Waals surface area (Å²) in [6.07, 6.45) is 10.3. The van der Waals surface area contributed by atoms with E-state index in [4.69, 9.17) is 5.73 Å². The van der Waals surface area contributed by atoms with E-state index in [1.807, 2.05) is 0 Å². The number of hydrogen-bond acceptors (Lipinski definition) is 2. The zero-order valence-corrected chi connectivity index (χ0v) is 12.1. The summed E-state index contributed by atoms with van der Waals surface area (Å²) in [6.45, 7) is 4.75. The largest absolute Gasteiger partial charge is 0.349 e. The number of carbonyl (C=O) groups is 1. The molecule has 3 nitrogen and oxygen atoms in total. The van der Waals surface area contributed by atoms with Gasteiger partial charge in [0.25, 0.3) is 0 Å². The quantitative estimate of drug-likeness (QED) is 0.792. The Hall–Kier alpha value is -0.570. The van der Waals surface area contributed by atoms with Gasteiger partial charge in [-0.2, -0.15) is 0 Å². The summed E-state index contributed by atoms with van der Waals surface area (Å²) in [5.74, 6) is 0.459. The summed E-state index contributed by atoms with van der Waals surface area (Å²) in [4.78, 5) is 12.4. The van der Waals surface area contributed by atoms with Gasteiger partial charge in [0, 0.05) is 12.5 Å². The molecule has 0 aromatic heterocycles. The van der Waals surface area contributed by atoms with Crippen LogP contribution in [0.3, 0.4) is 0 Å². The highest BCUT2D eigenvalue weighted by Crippen LogP contribution is 2.24. The lowest BCUT2D eigenvalue weighted by atomic mass is 9.87. The first-order chi connectivity index (χ1) is 8.67. The van der Waals surface area contributed by atoms with Gasteiger partial charge < -0.3 is 11.1 Å². The highest BCUT2D eigenvalue weighted by atomic mass is 16.2. The van der Waals surface area contributed by atoms with Gasteiger partial charge in [0.2, 0.25) is 5.91 Å². The third kappa shape index (κ3) is 4.27. The van der Waals surface area contributed by atoms with Crippen LogP contribution in [-0.4, -0.2) is 18.0 Å². The fraction of sp³-hybridized carbons (Fsp3) is 0.933. The van der Waals surface area contributed by atoms with E-state index in [1.165, 1.54) is 32.1 Å². The van der Waals surface area contributed by atoms with E-state index in [2.05, 4.69) is 19.2 Å². The molecule has 3 heteroatoms. The first kappa shape index (κ1) is 15.5. The highest BCUT2D eigenvalue weighted by Gasteiger charge is 2.29. The number of rotatable bonds is 5. The minimum Gasteiger partial charge on any atom is -0.349 e. The van der Waals surface area contributed by atoms with Gasteiger partial charge in [-0.25, -0.2) is 0 Å². The van der Waals surface area contributed by atoms with Crippen molar-refractivity contribution in [1.82, 2.24) is 5.32 Å². The molecule has 0 aromatic rings. The minimum atomic E-state index is -0.181. The molecule has 0 bridgehead atoms. The molecule has 18 heavy (non-hydrogen) atoms. The molecule has 0 atom stereocenters. The number of amides is 1. The molecule has 3 N–H and O–H groups in total. The van der Waals surface area contributed by atoms with Crippen LogP contribution in [-0.2, 0) is 4.79 Å². The number of hydrogen-bond donors (Lipinski definition) is 2. The molecular formula is C15H30N2O. The van der Waals surface area contributed by atoms with Crippen molar-refractivity contribution < 1.29 is 4.79 Å². The number of nitrogens with two attached hydrogens (primary N) is 1. The van der Waals surface area contributed by atoms with E-state index < -0.39 is 0 Å². The van der Waals surface area contributed by atoms with Crippen LogP contribution >= 0.6 is 0 Å².